The number of anilines is 1. The molecule has 4 nitrogen and oxygen atoms in total. The van der Waals surface area contributed by atoms with E-state index in [4.69, 9.17) is 0 Å². The highest BCUT2D eigenvalue weighted by atomic mass is 19.4. The first-order chi connectivity index (χ1) is 9.71. The number of benzene rings is 1. The van der Waals surface area contributed by atoms with E-state index >= 15 is 0 Å². The molecule has 8 heteroatoms. The molecule has 21 heavy (non-hydrogen) atoms. The van der Waals surface area contributed by atoms with Gasteiger partial charge in [-0.2, -0.15) is 18.3 Å². The van der Waals surface area contributed by atoms with Crippen molar-refractivity contribution in [2.45, 2.75) is 20.0 Å². The monoisotopic (exact) mass is 301 g/mol. The van der Waals surface area contributed by atoms with Crippen molar-refractivity contribution in [3.63, 3.8) is 0 Å². The smallest absolute Gasteiger partial charge is 0.319 e. The molecule has 2 N–H and O–H groups in total. The minimum absolute atomic E-state index is 0.316. The summed E-state index contributed by atoms with van der Waals surface area (Å²) in [7, 11) is 0. The second-order valence-corrected chi connectivity index (χ2v) is 4.43. The van der Waals surface area contributed by atoms with Crippen LogP contribution in [0.4, 0.5) is 23.2 Å². The van der Waals surface area contributed by atoms with Gasteiger partial charge in [-0.1, -0.05) is 6.07 Å². The molecule has 1 amide bonds. The first-order valence-corrected chi connectivity index (χ1v) is 5.90. The number of H-pyrrole nitrogens is 1. The SMILES string of the molecule is Cc1n[nH]c(C)c1NC(=O)c1cccc(C(F)(F)F)c1F. The van der Waals surface area contributed by atoms with Crippen LogP contribution in [0.3, 0.4) is 0 Å². The van der Waals surface area contributed by atoms with Crippen molar-refractivity contribution < 1.29 is 22.4 Å². The van der Waals surface area contributed by atoms with E-state index in [2.05, 4.69) is 15.5 Å². The third-order valence-electron chi connectivity index (χ3n) is 2.92. The van der Waals surface area contributed by atoms with E-state index in [1.54, 1.807) is 13.8 Å². The quantitative estimate of drug-likeness (QED) is 0.835. The predicted octanol–water partition coefficient (Wildman–Crippen LogP) is 3.44. The maximum absolute atomic E-state index is 13.8. The van der Waals surface area contributed by atoms with Gasteiger partial charge in [-0.05, 0) is 26.0 Å². The number of alkyl halides is 3. The Bertz CT molecular complexity index is 672. The lowest BCUT2D eigenvalue weighted by Crippen LogP contribution is -2.18. The van der Waals surface area contributed by atoms with Crippen molar-refractivity contribution in [3.8, 4) is 0 Å². The van der Waals surface area contributed by atoms with Crippen LogP contribution in [0.5, 0.6) is 0 Å². The van der Waals surface area contributed by atoms with E-state index in [0.29, 0.717) is 23.1 Å². The molecular weight excluding hydrogens is 290 g/mol. The van der Waals surface area contributed by atoms with Gasteiger partial charge in [-0.25, -0.2) is 4.39 Å². The van der Waals surface area contributed by atoms with Gasteiger partial charge in [-0.3, -0.25) is 9.89 Å². The van der Waals surface area contributed by atoms with E-state index < -0.39 is 29.0 Å². The molecule has 0 aliphatic rings. The van der Waals surface area contributed by atoms with Crippen molar-refractivity contribution in [2.75, 3.05) is 5.32 Å². The average Bonchev–Trinajstić information content (AvgIpc) is 2.69. The number of aromatic amines is 1. The number of amides is 1. The van der Waals surface area contributed by atoms with Gasteiger partial charge >= 0.3 is 6.18 Å². The maximum atomic E-state index is 13.8. The zero-order chi connectivity index (χ0) is 15.8. The molecule has 0 saturated carbocycles. The fourth-order valence-corrected chi connectivity index (χ4v) is 1.84. The molecule has 112 valence electrons. The molecule has 2 rings (SSSR count). The number of hydrogen-bond acceptors (Lipinski definition) is 2. The van der Waals surface area contributed by atoms with Crippen LogP contribution in [0.25, 0.3) is 0 Å². The third-order valence-corrected chi connectivity index (χ3v) is 2.92. The molecule has 0 aliphatic heterocycles. The molecule has 1 heterocycles. The summed E-state index contributed by atoms with van der Waals surface area (Å²) >= 11 is 0. The Morgan fingerprint density at radius 1 is 1.29 bits per heavy atom. The van der Waals surface area contributed by atoms with E-state index in [1.165, 1.54) is 0 Å². The summed E-state index contributed by atoms with van der Waals surface area (Å²) in [5.74, 6) is -2.56. The van der Waals surface area contributed by atoms with Gasteiger partial charge in [0.2, 0.25) is 0 Å². The molecular formula is C13H11F4N3O. The van der Waals surface area contributed by atoms with Crippen LogP contribution in [-0.4, -0.2) is 16.1 Å². The summed E-state index contributed by atoms with van der Waals surface area (Å²) in [6, 6.07) is 2.56. The van der Waals surface area contributed by atoms with Gasteiger partial charge in [0.25, 0.3) is 5.91 Å². The van der Waals surface area contributed by atoms with E-state index in [9.17, 15) is 22.4 Å². The molecule has 2 aromatic rings. The number of hydrogen-bond donors (Lipinski definition) is 2. The van der Waals surface area contributed by atoms with E-state index in [1.807, 2.05) is 0 Å². The molecule has 0 saturated heterocycles. The lowest BCUT2D eigenvalue weighted by molar-refractivity contribution is -0.140. The minimum Gasteiger partial charge on any atom is -0.319 e. The Kier molecular flexibility index (Phi) is 3.71. The van der Waals surface area contributed by atoms with E-state index in [0.717, 1.165) is 12.1 Å². The van der Waals surface area contributed by atoms with Gasteiger partial charge in [0.1, 0.15) is 5.82 Å². The lowest BCUT2D eigenvalue weighted by atomic mass is 10.1. The summed E-state index contributed by atoms with van der Waals surface area (Å²) in [4.78, 5) is 12.0. The lowest BCUT2D eigenvalue weighted by Gasteiger charge is -2.11. The minimum atomic E-state index is -4.86. The van der Waals surface area contributed by atoms with Crippen LogP contribution in [0, 0.1) is 19.7 Å². The van der Waals surface area contributed by atoms with Gasteiger partial charge < -0.3 is 5.32 Å². The fraction of sp³-hybridized carbons (Fsp3) is 0.231. The van der Waals surface area contributed by atoms with Crippen LogP contribution in [-0.2, 0) is 6.18 Å². The number of carbonyl (C=O) groups excluding carboxylic acids is 1. The first-order valence-electron chi connectivity index (χ1n) is 5.90. The van der Waals surface area contributed by atoms with Gasteiger partial charge in [0.15, 0.2) is 0 Å². The number of aromatic nitrogens is 2. The molecule has 1 aromatic carbocycles. The number of halogens is 4. The molecule has 0 unspecified atom stereocenters. The molecule has 0 spiro atoms. The van der Waals surface area contributed by atoms with Crippen molar-refractivity contribution in [2.24, 2.45) is 0 Å². The number of rotatable bonds is 2. The Labute approximate surface area is 117 Å². The predicted molar refractivity (Wildman–Crippen MR) is 67.4 cm³/mol. The van der Waals surface area contributed by atoms with Crippen LogP contribution in [0.2, 0.25) is 0 Å². The second-order valence-electron chi connectivity index (χ2n) is 4.43. The average molecular weight is 301 g/mol. The van der Waals surface area contributed by atoms with Crippen LogP contribution in [0.1, 0.15) is 27.3 Å². The van der Waals surface area contributed by atoms with Gasteiger partial charge in [0, 0.05) is 0 Å². The summed E-state index contributed by atoms with van der Waals surface area (Å²) < 4.78 is 51.7. The van der Waals surface area contributed by atoms with Crippen molar-refractivity contribution in [1.29, 1.82) is 0 Å². The standard InChI is InChI=1S/C13H11F4N3O/c1-6-11(7(2)20-19-6)18-12(21)8-4-3-5-9(10(8)14)13(15,16)17/h3-5H,1-2H3,(H,18,21)(H,19,20). The molecule has 0 aliphatic carbocycles. The molecule has 0 radical (unpaired) electrons. The van der Waals surface area contributed by atoms with Crippen molar-refractivity contribution in [3.05, 3.63) is 46.5 Å². The zero-order valence-corrected chi connectivity index (χ0v) is 11.1. The highest BCUT2D eigenvalue weighted by Crippen LogP contribution is 2.32. The Hall–Kier alpha value is -2.38. The Morgan fingerprint density at radius 2 is 1.95 bits per heavy atom. The van der Waals surface area contributed by atoms with Crippen molar-refractivity contribution in [1.82, 2.24) is 10.2 Å². The second kappa shape index (κ2) is 5.19. The van der Waals surface area contributed by atoms with Crippen LogP contribution >= 0.6 is 0 Å². The van der Waals surface area contributed by atoms with Gasteiger partial charge in [0.05, 0.1) is 28.2 Å². The summed E-state index contributed by atoms with van der Waals surface area (Å²) in [5.41, 5.74) is -0.862. The maximum Gasteiger partial charge on any atom is 0.419 e. The third kappa shape index (κ3) is 2.88. The highest BCUT2D eigenvalue weighted by molar-refractivity contribution is 6.05. The number of nitrogens with zero attached hydrogens (tertiary/aromatic N) is 1. The molecule has 0 bridgehead atoms. The van der Waals surface area contributed by atoms with Crippen LogP contribution < -0.4 is 5.32 Å². The normalized spacial score (nSPS) is 11.5. The molecule has 1 aromatic heterocycles. The summed E-state index contributed by atoms with van der Waals surface area (Å²) in [6.07, 6.45) is -4.86. The zero-order valence-electron chi connectivity index (χ0n) is 11.1. The summed E-state index contributed by atoms with van der Waals surface area (Å²) in [5, 5.41) is 8.79. The van der Waals surface area contributed by atoms with Gasteiger partial charge in [-0.15, -0.1) is 0 Å². The fourth-order valence-electron chi connectivity index (χ4n) is 1.84. The number of carbonyl (C=O) groups is 1. The largest absolute Gasteiger partial charge is 0.419 e. The van der Waals surface area contributed by atoms with Crippen molar-refractivity contribution >= 4 is 11.6 Å². The summed E-state index contributed by atoms with van der Waals surface area (Å²) in [6.45, 7) is 3.22. The molecule has 0 fully saturated rings. The molecule has 0 atom stereocenters. The number of nitrogens with one attached hydrogen (secondary N) is 2. The Balaban J connectivity index is 2.37. The van der Waals surface area contributed by atoms with E-state index in [-0.39, 0.29) is 0 Å². The Morgan fingerprint density at radius 3 is 2.48 bits per heavy atom. The topological polar surface area (TPSA) is 57.8 Å². The van der Waals surface area contributed by atoms with Crippen LogP contribution in [0.15, 0.2) is 18.2 Å². The first kappa shape index (κ1) is 15.0. The highest BCUT2D eigenvalue weighted by Gasteiger charge is 2.35. The number of aryl methyl sites for hydroxylation is 2.